The van der Waals surface area contributed by atoms with Crippen molar-refractivity contribution in [3.63, 3.8) is 0 Å². The summed E-state index contributed by atoms with van der Waals surface area (Å²) < 4.78 is 21.0. The Kier molecular flexibility index (Phi) is 8.77. The quantitative estimate of drug-likeness (QED) is 0.364. The van der Waals surface area contributed by atoms with Crippen LogP contribution in [0.3, 0.4) is 0 Å². The molecule has 3 unspecified atom stereocenters. The van der Waals surface area contributed by atoms with E-state index in [1.165, 1.54) is 0 Å². The molecule has 3 atom stereocenters. The second kappa shape index (κ2) is 10.8. The second-order valence-corrected chi connectivity index (χ2v) is 17.7. The third-order valence-corrected chi connectivity index (χ3v) is 9.26. The van der Waals surface area contributed by atoms with E-state index >= 15 is 0 Å². The van der Waals surface area contributed by atoms with Gasteiger partial charge in [0.05, 0.1) is 36.6 Å². The van der Waals surface area contributed by atoms with Gasteiger partial charge in [0.15, 0.2) is 0 Å². The third kappa shape index (κ3) is 9.12. The van der Waals surface area contributed by atoms with Crippen LogP contribution in [0.5, 0.6) is 0 Å². The fraction of sp³-hybridized carbons (Fsp3) is 1.00. The van der Waals surface area contributed by atoms with Gasteiger partial charge < -0.3 is 30.2 Å². The van der Waals surface area contributed by atoms with Crippen molar-refractivity contribution in [2.45, 2.75) is 211 Å². The third-order valence-electron chi connectivity index (χ3n) is 9.26. The SMILES string of the molecule is CC1(C)CC(OC2CCC(OC3CC(C)(C)NC(C)(C)C3)C(OC3CC(C)(C)NC(C)(C)C3)C2)CC(C)(C)N1. The Labute approximate surface area is 240 Å². The largest absolute Gasteiger partial charge is 0.375 e. The minimum atomic E-state index is 0.0582. The Morgan fingerprint density at radius 2 is 0.692 bits per heavy atom. The highest BCUT2D eigenvalue weighted by Gasteiger charge is 2.45. The van der Waals surface area contributed by atoms with Crippen LogP contribution in [-0.4, -0.2) is 69.9 Å². The zero-order valence-corrected chi connectivity index (χ0v) is 27.6. The molecule has 0 spiro atoms. The fourth-order valence-corrected chi connectivity index (χ4v) is 9.23. The van der Waals surface area contributed by atoms with Gasteiger partial charge in [0.25, 0.3) is 0 Å². The maximum atomic E-state index is 7.09. The van der Waals surface area contributed by atoms with E-state index < -0.39 is 0 Å². The maximum absolute atomic E-state index is 7.09. The van der Waals surface area contributed by atoms with Crippen molar-refractivity contribution in [1.82, 2.24) is 16.0 Å². The van der Waals surface area contributed by atoms with Gasteiger partial charge in [-0.05, 0) is 134 Å². The standard InChI is InChI=1S/C33H63N3O3/c1-28(2)16-23(17-29(3,4)34-28)37-22-13-14-26(38-24-18-30(5,6)35-31(7,8)19-24)27(15-22)39-25-20-32(9,10)36-33(11,12)21-25/h22-27,34-36H,13-21H2,1-12H3. The van der Waals surface area contributed by atoms with Crippen LogP contribution < -0.4 is 16.0 Å². The van der Waals surface area contributed by atoms with E-state index in [4.69, 9.17) is 14.2 Å². The molecule has 6 heteroatoms. The molecule has 4 rings (SSSR count). The first-order chi connectivity index (χ1) is 17.6. The molecule has 228 valence electrons. The molecule has 0 aromatic heterocycles. The Morgan fingerprint density at radius 1 is 0.385 bits per heavy atom. The predicted octanol–water partition coefficient (Wildman–Crippen LogP) is 6.25. The lowest BCUT2D eigenvalue weighted by molar-refractivity contribution is -0.189. The van der Waals surface area contributed by atoms with Crippen molar-refractivity contribution in [2.24, 2.45) is 0 Å². The molecule has 0 amide bonds. The smallest absolute Gasteiger partial charge is 0.0865 e. The predicted molar refractivity (Wildman–Crippen MR) is 161 cm³/mol. The molecule has 0 radical (unpaired) electrons. The van der Waals surface area contributed by atoms with Gasteiger partial charge in [0.1, 0.15) is 0 Å². The average molecular weight is 550 g/mol. The van der Waals surface area contributed by atoms with Gasteiger partial charge in [0.2, 0.25) is 0 Å². The van der Waals surface area contributed by atoms with E-state index in [2.05, 4.69) is 99.0 Å². The van der Waals surface area contributed by atoms with Gasteiger partial charge in [-0.3, -0.25) is 0 Å². The van der Waals surface area contributed by atoms with Crippen LogP contribution in [0.25, 0.3) is 0 Å². The lowest BCUT2D eigenvalue weighted by atomic mass is 9.80. The highest BCUT2D eigenvalue weighted by molar-refractivity contribution is 5.01. The number of piperidine rings is 3. The molecule has 3 N–H and O–H groups in total. The second-order valence-electron chi connectivity index (χ2n) is 17.7. The Hall–Kier alpha value is -0.240. The highest BCUT2D eigenvalue weighted by atomic mass is 16.6. The fourth-order valence-electron chi connectivity index (χ4n) is 9.23. The summed E-state index contributed by atoms with van der Waals surface area (Å²) >= 11 is 0. The van der Waals surface area contributed by atoms with Crippen LogP contribution in [0.1, 0.15) is 141 Å². The first-order valence-electron chi connectivity index (χ1n) is 16.0. The molecule has 3 aliphatic heterocycles. The summed E-state index contributed by atoms with van der Waals surface area (Å²) in [5, 5.41) is 11.4. The normalized spacial score (nSPS) is 36.5. The molecular weight excluding hydrogens is 486 g/mol. The average Bonchev–Trinajstić information content (AvgIpc) is 2.62. The topological polar surface area (TPSA) is 63.8 Å². The van der Waals surface area contributed by atoms with Crippen LogP contribution in [0.15, 0.2) is 0 Å². The van der Waals surface area contributed by atoms with Crippen molar-refractivity contribution in [3.8, 4) is 0 Å². The Morgan fingerprint density at radius 3 is 1.05 bits per heavy atom. The van der Waals surface area contributed by atoms with Crippen LogP contribution in [-0.2, 0) is 14.2 Å². The Bertz CT molecular complexity index is 801. The minimum absolute atomic E-state index is 0.0582. The molecule has 1 aliphatic carbocycles. The first kappa shape index (κ1) is 31.7. The van der Waals surface area contributed by atoms with Gasteiger partial charge in [-0.25, -0.2) is 0 Å². The van der Waals surface area contributed by atoms with E-state index in [1.54, 1.807) is 0 Å². The molecule has 39 heavy (non-hydrogen) atoms. The van der Waals surface area contributed by atoms with Crippen LogP contribution in [0.4, 0.5) is 0 Å². The zero-order valence-electron chi connectivity index (χ0n) is 27.6. The summed E-state index contributed by atoms with van der Waals surface area (Å²) in [6.07, 6.45) is 10.4. The highest BCUT2D eigenvalue weighted by Crippen LogP contribution is 2.39. The summed E-state index contributed by atoms with van der Waals surface area (Å²) in [5.41, 5.74) is 0.431. The molecule has 4 aliphatic rings. The molecule has 3 heterocycles. The number of ether oxygens (including phenoxy) is 3. The van der Waals surface area contributed by atoms with E-state index in [0.29, 0.717) is 0 Å². The minimum Gasteiger partial charge on any atom is -0.375 e. The van der Waals surface area contributed by atoms with Crippen molar-refractivity contribution in [1.29, 1.82) is 0 Å². The van der Waals surface area contributed by atoms with Crippen molar-refractivity contribution in [2.75, 3.05) is 0 Å². The molecule has 3 saturated heterocycles. The molecule has 4 fully saturated rings. The number of hydrogen-bond acceptors (Lipinski definition) is 6. The van der Waals surface area contributed by atoms with Crippen LogP contribution >= 0.6 is 0 Å². The number of nitrogens with one attached hydrogen (secondary N) is 3. The number of rotatable bonds is 6. The maximum Gasteiger partial charge on any atom is 0.0865 e. The summed E-state index contributed by atoms with van der Waals surface area (Å²) in [5.74, 6) is 0. The molecule has 0 bridgehead atoms. The van der Waals surface area contributed by atoms with Crippen LogP contribution in [0, 0.1) is 0 Å². The van der Waals surface area contributed by atoms with Gasteiger partial charge >= 0.3 is 0 Å². The molecule has 6 nitrogen and oxygen atoms in total. The zero-order chi connectivity index (χ0) is 29.1. The van der Waals surface area contributed by atoms with E-state index in [1.807, 2.05) is 0 Å². The Balaban J connectivity index is 1.48. The van der Waals surface area contributed by atoms with Gasteiger partial charge in [-0.15, -0.1) is 0 Å². The van der Waals surface area contributed by atoms with Crippen molar-refractivity contribution < 1.29 is 14.2 Å². The summed E-state index contributed by atoms with van der Waals surface area (Å²) in [4.78, 5) is 0. The van der Waals surface area contributed by atoms with E-state index in [9.17, 15) is 0 Å². The van der Waals surface area contributed by atoms with Gasteiger partial charge in [0, 0.05) is 39.7 Å². The molecule has 0 aromatic rings. The lowest BCUT2D eigenvalue weighted by Crippen LogP contribution is -2.61. The summed E-state index contributed by atoms with van der Waals surface area (Å²) in [6, 6.07) is 0. The monoisotopic (exact) mass is 549 g/mol. The van der Waals surface area contributed by atoms with Gasteiger partial charge in [-0.2, -0.15) is 0 Å². The molecular formula is C33H63N3O3. The molecule has 0 aromatic carbocycles. The van der Waals surface area contributed by atoms with Crippen LogP contribution in [0.2, 0.25) is 0 Å². The van der Waals surface area contributed by atoms with E-state index in [0.717, 1.165) is 57.8 Å². The summed E-state index contributed by atoms with van der Waals surface area (Å²) in [7, 11) is 0. The van der Waals surface area contributed by atoms with Gasteiger partial charge in [-0.1, -0.05) is 0 Å². The summed E-state index contributed by atoms with van der Waals surface area (Å²) in [6.45, 7) is 27.7. The lowest BCUT2D eigenvalue weighted by Gasteiger charge is -2.50. The van der Waals surface area contributed by atoms with Crippen molar-refractivity contribution in [3.05, 3.63) is 0 Å². The van der Waals surface area contributed by atoms with E-state index in [-0.39, 0.29) is 69.9 Å². The molecule has 1 saturated carbocycles. The first-order valence-corrected chi connectivity index (χ1v) is 16.0. The van der Waals surface area contributed by atoms with Crippen molar-refractivity contribution >= 4 is 0 Å². The number of hydrogen-bond donors (Lipinski definition) is 3.